The first-order valence-corrected chi connectivity index (χ1v) is 9.06. The lowest BCUT2D eigenvalue weighted by molar-refractivity contribution is -0.122. The molecule has 144 valence electrons. The molecule has 5 nitrogen and oxygen atoms in total. The first-order valence-electron chi connectivity index (χ1n) is 9.06. The molecule has 1 aliphatic rings. The van der Waals surface area contributed by atoms with Crippen molar-refractivity contribution in [2.45, 2.75) is 50.6 Å². The highest BCUT2D eigenvalue weighted by Crippen LogP contribution is 2.21. The van der Waals surface area contributed by atoms with Crippen LogP contribution < -0.4 is 10.6 Å². The average Bonchev–Trinajstić information content (AvgIpc) is 2.58. The number of amides is 2. The second-order valence-electron chi connectivity index (χ2n) is 7.03. The molecule has 1 aromatic rings. The Hall–Kier alpha value is -2.02. The monoisotopic (exact) mass is 367 g/mol. The summed E-state index contributed by atoms with van der Waals surface area (Å²) in [4.78, 5) is 26.1. The highest BCUT2D eigenvalue weighted by Gasteiger charge is 2.24. The summed E-state index contributed by atoms with van der Waals surface area (Å²) in [5.74, 6) is -2.26. The Morgan fingerprint density at radius 3 is 2.69 bits per heavy atom. The van der Waals surface area contributed by atoms with Gasteiger partial charge in [-0.1, -0.05) is 0 Å². The number of carbonyl (C=O) groups is 2. The Kier molecular flexibility index (Phi) is 7.50. The number of carbonyl (C=O) groups excluding carboxylic acids is 2. The van der Waals surface area contributed by atoms with E-state index in [0.29, 0.717) is 24.9 Å². The maximum absolute atomic E-state index is 13.5. The zero-order chi connectivity index (χ0) is 19.1. The molecule has 2 unspecified atom stereocenters. The van der Waals surface area contributed by atoms with Crippen LogP contribution in [0.1, 0.15) is 48.9 Å². The molecule has 0 saturated heterocycles. The van der Waals surface area contributed by atoms with Crippen LogP contribution in [0.15, 0.2) is 18.2 Å². The summed E-state index contributed by atoms with van der Waals surface area (Å²) < 4.78 is 26.4. The molecule has 1 aromatic carbocycles. The number of benzene rings is 1. The highest BCUT2D eigenvalue weighted by atomic mass is 19.1. The van der Waals surface area contributed by atoms with Gasteiger partial charge in [0.25, 0.3) is 5.91 Å². The Morgan fingerprint density at radius 2 is 2.00 bits per heavy atom. The van der Waals surface area contributed by atoms with Crippen LogP contribution >= 0.6 is 0 Å². The van der Waals surface area contributed by atoms with Gasteiger partial charge in [-0.3, -0.25) is 9.59 Å². The van der Waals surface area contributed by atoms with Gasteiger partial charge < -0.3 is 15.5 Å². The van der Waals surface area contributed by atoms with Crippen LogP contribution in [0, 0.1) is 11.6 Å². The molecule has 2 rings (SSSR count). The molecule has 0 spiro atoms. The molecule has 0 radical (unpaired) electrons. The Morgan fingerprint density at radius 1 is 1.23 bits per heavy atom. The van der Waals surface area contributed by atoms with E-state index in [-0.39, 0.29) is 24.1 Å². The second kappa shape index (κ2) is 9.62. The van der Waals surface area contributed by atoms with Gasteiger partial charge in [0.1, 0.15) is 11.6 Å². The lowest BCUT2D eigenvalue weighted by Crippen LogP contribution is -2.43. The van der Waals surface area contributed by atoms with Gasteiger partial charge in [-0.25, -0.2) is 8.78 Å². The zero-order valence-corrected chi connectivity index (χ0v) is 15.4. The average molecular weight is 367 g/mol. The third-order valence-corrected chi connectivity index (χ3v) is 4.78. The number of hydrogen-bond acceptors (Lipinski definition) is 3. The summed E-state index contributed by atoms with van der Waals surface area (Å²) in [5.41, 5.74) is -0.201. The van der Waals surface area contributed by atoms with E-state index in [9.17, 15) is 18.4 Å². The molecule has 1 saturated carbocycles. The van der Waals surface area contributed by atoms with Crippen molar-refractivity contribution in [1.82, 2.24) is 15.5 Å². The maximum atomic E-state index is 13.5. The lowest BCUT2D eigenvalue weighted by Gasteiger charge is -2.33. The first-order chi connectivity index (χ1) is 12.4. The van der Waals surface area contributed by atoms with Gasteiger partial charge in [0.05, 0.1) is 5.56 Å². The van der Waals surface area contributed by atoms with Crippen LogP contribution in [0.25, 0.3) is 0 Å². The minimum absolute atomic E-state index is 0.0309. The number of halogens is 2. The molecule has 2 atom stereocenters. The van der Waals surface area contributed by atoms with E-state index in [2.05, 4.69) is 29.6 Å². The summed E-state index contributed by atoms with van der Waals surface area (Å²) in [7, 11) is 4.11. The van der Waals surface area contributed by atoms with Gasteiger partial charge in [-0.15, -0.1) is 0 Å². The lowest BCUT2D eigenvalue weighted by atomic mass is 9.90. The van der Waals surface area contributed by atoms with Crippen molar-refractivity contribution in [3.8, 4) is 0 Å². The molecule has 26 heavy (non-hydrogen) atoms. The minimum Gasteiger partial charge on any atom is -0.353 e. The van der Waals surface area contributed by atoms with E-state index in [1.165, 1.54) is 0 Å². The number of hydrogen-bond donors (Lipinski definition) is 2. The van der Waals surface area contributed by atoms with Gasteiger partial charge in [0, 0.05) is 31.1 Å². The molecule has 0 aliphatic heterocycles. The summed E-state index contributed by atoms with van der Waals surface area (Å²) >= 11 is 0. The van der Waals surface area contributed by atoms with Crippen molar-refractivity contribution in [2.75, 3.05) is 20.6 Å². The predicted octanol–water partition coefficient (Wildman–Crippen LogP) is 2.46. The molecule has 1 fully saturated rings. The molecule has 1 aliphatic carbocycles. The molecule has 0 aromatic heterocycles. The van der Waals surface area contributed by atoms with Gasteiger partial charge in [0.2, 0.25) is 5.91 Å². The Labute approximate surface area is 153 Å². The van der Waals surface area contributed by atoms with Crippen LogP contribution in [0.5, 0.6) is 0 Å². The third kappa shape index (κ3) is 6.05. The van der Waals surface area contributed by atoms with E-state index in [1.807, 2.05) is 0 Å². The van der Waals surface area contributed by atoms with E-state index in [0.717, 1.165) is 37.8 Å². The first kappa shape index (κ1) is 20.3. The highest BCUT2D eigenvalue weighted by molar-refractivity contribution is 5.94. The van der Waals surface area contributed by atoms with Crippen molar-refractivity contribution >= 4 is 11.8 Å². The van der Waals surface area contributed by atoms with Crippen LogP contribution in [-0.2, 0) is 4.79 Å². The zero-order valence-electron chi connectivity index (χ0n) is 15.4. The fourth-order valence-corrected chi connectivity index (χ4v) is 3.28. The molecule has 2 N–H and O–H groups in total. The fourth-order valence-electron chi connectivity index (χ4n) is 3.28. The predicted molar refractivity (Wildman–Crippen MR) is 95.8 cm³/mol. The van der Waals surface area contributed by atoms with Gasteiger partial charge in [-0.2, -0.15) is 0 Å². The number of nitrogens with zero attached hydrogens (tertiary/aromatic N) is 1. The topological polar surface area (TPSA) is 61.4 Å². The van der Waals surface area contributed by atoms with Gasteiger partial charge in [0.15, 0.2) is 0 Å². The number of nitrogens with one attached hydrogen (secondary N) is 2. The number of rotatable bonds is 7. The standard InChI is InChI=1S/C19H27F2N3O2/c1-24(2)15-6-3-5-14(12-15)23-18(25)7-4-10-22-19(26)16-9-8-13(20)11-17(16)21/h8-9,11,14-15H,3-7,10,12H2,1-2H3,(H,22,26)(H,23,25). The molecule has 2 amide bonds. The molecular formula is C19H27F2N3O2. The third-order valence-electron chi connectivity index (χ3n) is 4.78. The molecular weight excluding hydrogens is 340 g/mol. The molecule has 0 bridgehead atoms. The Balaban J connectivity index is 1.67. The summed E-state index contributed by atoms with van der Waals surface area (Å²) in [6.45, 7) is 0.258. The summed E-state index contributed by atoms with van der Waals surface area (Å²) in [6.07, 6.45) is 4.98. The van der Waals surface area contributed by atoms with Crippen LogP contribution in [-0.4, -0.2) is 49.4 Å². The SMILES string of the molecule is CN(C)C1CCCC(NC(=O)CCCNC(=O)c2ccc(F)cc2F)C1. The quantitative estimate of drug-likeness (QED) is 0.728. The largest absolute Gasteiger partial charge is 0.353 e. The van der Waals surface area contributed by atoms with Crippen LogP contribution in [0.4, 0.5) is 8.78 Å². The van der Waals surface area contributed by atoms with Crippen LogP contribution in [0.2, 0.25) is 0 Å². The smallest absolute Gasteiger partial charge is 0.254 e. The summed E-state index contributed by atoms with van der Waals surface area (Å²) in [5, 5.41) is 5.61. The maximum Gasteiger partial charge on any atom is 0.254 e. The normalized spacial score (nSPS) is 20.0. The van der Waals surface area contributed by atoms with E-state index < -0.39 is 17.5 Å². The molecule has 0 heterocycles. The van der Waals surface area contributed by atoms with E-state index >= 15 is 0 Å². The molecule has 7 heteroatoms. The fraction of sp³-hybridized carbons (Fsp3) is 0.579. The van der Waals surface area contributed by atoms with Crippen molar-refractivity contribution in [1.29, 1.82) is 0 Å². The van der Waals surface area contributed by atoms with E-state index in [4.69, 9.17) is 0 Å². The van der Waals surface area contributed by atoms with Crippen LogP contribution in [0.3, 0.4) is 0 Å². The minimum atomic E-state index is -0.895. The van der Waals surface area contributed by atoms with Gasteiger partial charge in [-0.05, 0) is 58.3 Å². The second-order valence-corrected chi connectivity index (χ2v) is 7.03. The van der Waals surface area contributed by atoms with Crippen molar-refractivity contribution in [2.24, 2.45) is 0 Å². The summed E-state index contributed by atoms with van der Waals surface area (Å²) in [6, 6.07) is 3.52. The van der Waals surface area contributed by atoms with Gasteiger partial charge >= 0.3 is 0 Å². The Bertz CT molecular complexity index is 637. The van der Waals surface area contributed by atoms with Crippen molar-refractivity contribution < 1.29 is 18.4 Å². The van der Waals surface area contributed by atoms with Crippen molar-refractivity contribution in [3.05, 3.63) is 35.4 Å². The van der Waals surface area contributed by atoms with E-state index in [1.54, 1.807) is 0 Å². The van der Waals surface area contributed by atoms with Crippen molar-refractivity contribution in [3.63, 3.8) is 0 Å².